The fraction of sp³-hybridized carbons (Fsp3) is 0.778. The third kappa shape index (κ3) is 1.66. The molecule has 0 spiro atoms. The average Bonchev–Trinajstić information content (AvgIpc) is 1.98. The number of urea groups is 1. The zero-order valence-electron chi connectivity index (χ0n) is 8.55. The van der Waals surface area contributed by atoms with Gasteiger partial charge in [0.05, 0.1) is 5.41 Å². The highest BCUT2D eigenvalue weighted by molar-refractivity contribution is 6.00. The number of hydrogen-bond donors (Lipinski definition) is 1. The summed E-state index contributed by atoms with van der Waals surface area (Å²) >= 11 is 0. The first-order valence-electron chi connectivity index (χ1n) is 4.48. The van der Waals surface area contributed by atoms with Crippen LogP contribution < -0.4 is 5.32 Å². The maximum atomic E-state index is 11.8. The van der Waals surface area contributed by atoms with E-state index in [1.54, 1.807) is 0 Å². The van der Waals surface area contributed by atoms with Gasteiger partial charge in [0.1, 0.15) is 0 Å². The molecule has 0 aliphatic carbocycles. The van der Waals surface area contributed by atoms with Crippen LogP contribution in [0.2, 0.25) is 0 Å². The van der Waals surface area contributed by atoms with Crippen molar-refractivity contribution >= 4 is 11.9 Å². The second-order valence-electron chi connectivity index (χ2n) is 4.31. The van der Waals surface area contributed by atoms with Crippen LogP contribution in [0, 0.1) is 5.41 Å². The van der Waals surface area contributed by atoms with Gasteiger partial charge in [-0.2, -0.15) is 0 Å². The molecule has 0 aromatic rings. The fourth-order valence-electron chi connectivity index (χ4n) is 1.34. The first kappa shape index (κ1) is 10.0. The molecule has 1 rings (SSSR count). The molecule has 1 heterocycles. The molecule has 0 aromatic carbocycles. The smallest absolute Gasteiger partial charge is 0.324 e. The molecule has 0 radical (unpaired) electrons. The lowest BCUT2D eigenvalue weighted by Crippen LogP contribution is -2.60. The van der Waals surface area contributed by atoms with Crippen molar-refractivity contribution in [1.29, 1.82) is 0 Å². The normalized spacial score (nSPS) is 22.1. The molecular formula is C9H16N2O2. The summed E-state index contributed by atoms with van der Waals surface area (Å²) in [7, 11) is 0. The summed E-state index contributed by atoms with van der Waals surface area (Å²) in [6, 6.07) is -0.355. The zero-order valence-corrected chi connectivity index (χ0v) is 8.55. The lowest BCUT2D eigenvalue weighted by atomic mass is 9.89. The SMILES string of the molecule is CC(C)N1C(=O)NCC(C)(C)C1=O. The predicted molar refractivity (Wildman–Crippen MR) is 49.2 cm³/mol. The van der Waals surface area contributed by atoms with Gasteiger partial charge in [-0.25, -0.2) is 4.79 Å². The Morgan fingerprint density at radius 1 is 1.38 bits per heavy atom. The molecule has 3 amide bonds. The average molecular weight is 184 g/mol. The Hall–Kier alpha value is -1.06. The number of nitrogens with one attached hydrogen (secondary N) is 1. The van der Waals surface area contributed by atoms with Gasteiger partial charge in [0.15, 0.2) is 0 Å². The van der Waals surface area contributed by atoms with E-state index in [-0.39, 0.29) is 18.0 Å². The lowest BCUT2D eigenvalue weighted by molar-refractivity contribution is -0.140. The zero-order chi connectivity index (χ0) is 10.2. The van der Waals surface area contributed by atoms with E-state index in [0.29, 0.717) is 6.54 Å². The van der Waals surface area contributed by atoms with Crippen LogP contribution >= 0.6 is 0 Å². The standard InChI is InChI=1S/C9H16N2O2/c1-6(2)11-7(12)9(3,4)5-10-8(11)13/h6H,5H2,1-4H3,(H,10,13). The third-order valence-electron chi connectivity index (χ3n) is 2.21. The van der Waals surface area contributed by atoms with Crippen molar-refractivity contribution in [2.75, 3.05) is 6.54 Å². The number of rotatable bonds is 1. The summed E-state index contributed by atoms with van der Waals surface area (Å²) in [5.41, 5.74) is -0.474. The van der Waals surface area contributed by atoms with E-state index in [2.05, 4.69) is 5.32 Å². The first-order chi connectivity index (χ1) is 5.86. The topological polar surface area (TPSA) is 49.4 Å². The van der Waals surface area contributed by atoms with Crippen LogP contribution in [0.25, 0.3) is 0 Å². The summed E-state index contributed by atoms with van der Waals surface area (Å²) in [6.07, 6.45) is 0. The van der Waals surface area contributed by atoms with Gasteiger partial charge in [-0.1, -0.05) is 0 Å². The van der Waals surface area contributed by atoms with Gasteiger partial charge in [0.25, 0.3) is 0 Å². The highest BCUT2D eigenvalue weighted by Gasteiger charge is 2.41. The maximum Gasteiger partial charge on any atom is 0.324 e. The van der Waals surface area contributed by atoms with Gasteiger partial charge < -0.3 is 5.32 Å². The Morgan fingerprint density at radius 2 is 1.92 bits per heavy atom. The Kier molecular flexibility index (Phi) is 2.32. The summed E-state index contributed by atoms with van der Waals surface area (Å²) < 4.78 is 0. The van der Waals surface area contributed by atoms with Crippen molar-refractivity contribution in [3.63, 3.8) is 0 Å². The molecule has 1 saturated heterocycles. The second kappa shape index (κ2) is 3.01. The van der Waals surface area contributed by atoms with E-state index in [4.69, 9.17) is 0 Å². The molecule has 0 saturated carbocycles. The minimum absolute atomic E-state index is 0.0768. The maximum absolute atomic E-state index is 11.8. The van der Waals surface area contributed by atoms with Crippen LogP contribution in [0.15, 0.2) is 0 Å². The molecule has 0 bridgehead atoms. The minimum Gasteiger partial charge on any atom is -0.337 e. The second-order valence-corrected chi connectivity index (χ2v) is 4.31. The summed E-state index contributed by atoms with van der Waals surface area (Å²) in [6.45, 7) is 7.76. The number of nitrogens with zero attached hydrogens (tertiary/aromatic N) is 1. The molecular weight excluding hydrogens is 168 g/mol. The first-order valence-corrected chi connectivity index (χ1v) is 4.48. The van der Waals surface area contributed by atoms with Crippen LogP contribution in [0.4, 0.5) is 4.79 Å². The van der Waals surface area contributed by atoms with E-state index in [9.17, 15) is 9.59 Å². The van der Waals surface area contributed by atoms with E-state index in [1.165, 1.54) is 4.90 Å². The molecule has 13 heavy (non-hydrogen) atoms. The van der Waals surface area contributed by atoms with Gasteiger partial charge in [-0.15, -0.1) is 0 Å². The van der Waals surface area contributed by atoms with Gasteiger partial charge in [0.2, 0.25) is 5.91 Å². The van der Waals surface area contributed by atoms with Crippen molar-refractivity contribution < 1.29 is 9.59 Å². The highest BCUT2D eigenvalue weighted by Crippen LogP contribution is 2.23. The summed E-state index contributed by atoms with van der Waals surface area (Å²) in [5, 5.41) is 2.70. The van der Waals surface area contributed by atoms with Crippen LogP contribution in [-0.2, 0) is 4.79 Å². The summed E-state index contributed by atoms with van der Waals surface area (Å²) in [5.74, 6) is -0.0914. The molecule has 74 valence electrons. The minimum atomic E-state index is -0.474. The molecule has 1 fully saturated rings. The van der Waals surface area contributed by atoms with E-state index in [1.807, 2.05) is 27.7 Å². The molecule has 1 aliphatic rings. The molecule has 4 heteroatoms. The van der Waals surface area contributed by atoms with Crippen molar-refractivity contribution in [1.82, 2.24) is 10.2 Å². The molecule has 0 atom stereocenters. The lowest BCUT2D eigenvalue weighted by Gasteiger charge is -2.38. The Balaban J connectivity index is 2.92. The Bertz CT molecular complexity index is 246. The van der Waals surface area contributed by atoms with Gasteiger partial charge in [-0.3, -0.25) is 9.69 Å². The van der Waals surface area contributed by atoms with Crippen molar-refractivity contribution in [2.24, 2.45) is 5.41 Å². The molecule has 0 unspecified atom stereocenters. The van der Waals surface area contributed by atoms with E-state index in [0.717, 1.165) is 0 Å². The largest absolute Gasteiger partial charge is 0.337 e. The fourth-order valence-corrected chi connectivity index (χ4v) is 1.34. The van der Waals surface area contributed by atoms with Crippen molar-refractivity contribution in [3.8, 4) is 0 Å². The van der Waals surface area contributed by atoms with E-state index < -0.39 is 5.41 Å². The highest BCUT2D eigenvalue weighted by atomic mass is 16.2. The van der Waals surface area contributed by atoms with Crippen LogP contribution in [0.5, 0.6) is 0 Å². The number of carbonyl (C=O) groups is 2. The Morgan fingerprint density at radius 3 is 2.31 bits per heavy atom. The van der Waals surface area contributed by atoms with E-state index >= 15 is 0 Å². The quantitative estimate of drug-likeness (QED) is 0.660. The predicted octanol–water partition coefficient (Wildman–Crippen LogP) is 0.973. The van der Waals surface area contributed by atoms with Crippen LogP contribution in [0.3, 0.4) is 0 Å². The number of carbonyl (C=O) groups excluding carboxylic acids is 2. The van der Waals surface area contributed by atoms with Gasteiger partial charge >= 0.3 is 6.03 Å². The molecule has 1 N–H and O–H groups in total. The number of imide groups is 1. The number of amides is 3. The van der Waals surface area contributed by atoms with Crippen LogP contribution in [-0.4, -0.2) is 29.4 Å². The Labute approximate surface area is 78.3 Å². The van der Waals surface area contributed by atoms with Gasteiger partial charge in [0, 0.05) is 12.6 Å². The van der Waals surface area contributed by atoms with Crippen molar-refractivity contribution in [3.05, 3.63) is 0 Å². The van der Waals surface area contributed by atoms with Crippen molar-refractivity contribution in [2.45, 2.75) is 33.7 Å². The van der Waals surface area contributed by atoms with Crippen LogP contribution in [0.1, 0.15) is 27.7 Å². The monoisotopic (exact) mass is 184 g/mol. The summed E-state index contributed by atoms with van der Waals surface area (Å²) in [4.78, 5) is 24.4. The van der Waals surface area contributed by atoms with Gasteiger partial charge in [-0.05, 0) is 27.7 Å². The third-order valence-corrected chi connectivity index (χ3v) is 2.21. The number of hydrogen-bond acceptors (Lipinski definition) is 2. The molecule has 4 nitrogen and oxygen atoms in total. The molecule has 0 aromatic heterocycles. The molecule has 1 aliphatic heterocycles.